The third-order valence-electron chi connectivity index (χ3n) is 4.80. The van der Waals surface area contributed by atoms with Crippen LogP contribution >= 0.6 is 0 Å². The molecule has 0 aliphatic carbocycles. The number of anilines is 2. The summed E-state index contributed by atoms with van der Waals surface area (Å²) in [6.07, 6.45) is 0. The Morgan fingerprint density at radius 3 is 2.22 bits per heavy atom. The van der Waals surface area contributed by atoms with E-state index in [1.165, 1.54) is 17.4 Å². The number of carbonyl (C=O) groups excluding carboxylic acids is 2. The van der Waals surface area contributed by atoms with Gasteiger partial charge in [0.2, 0.25) is 0 Å². The van der Waals surface area contributed by atoms with Gasteiger partial charge in [-0.2, -0.15) is 0 Å². The topological polar surface area (TPSA) is 92.8 Å². The molecule has 0 fully saturated rings. The molecule has 0 saturated carbocycles. The van der Waals surface area contributed by atoms with E-state index < -0.39 is 16.0 Å². The van der Waals surface area contributed by atoms with E-state index in [2.05, 4.69) is 5.32 Å². The number of nitrogens with zero attached hydrogens (tertiary/aromatic N) is 1. The Morgan fingerprint density at radius 2 is 1.59 bits per heavy atom. The second kappa shape index (κ2) is 9.65. The number of hydrogen-bond donors (Lipinski definition) is 1. The molecule has 0 unspecified atom stereocenters. The molecule has 7 nitrogen and oxygen atoms in total. The highest BCUT2D eigenvalue weighted by Gasteiger charge is 2.21. The number of ether oxygens (including phenoxy) is 1. The first-order valence-corrected chi connectivity index (χ1v) is 11.4. The number of nitrogens with one attached hydrogen (secondary N) is 1. The molecule has 0 aliphatic heterocycles. The van der Waals surface area contributed by atoms with Gasteiger partial charge in [-0.25, -0.2) is 13.2 Å². The van der Waals surface area contributed by atoms with Crippen molar-refractivity contribution in [2.45, 2.75) is 18.7 Å². The van der Waals surface area contributed by atoms with Crippen molar-refractivity contribution < 1.29 is 22.7 Å². The molecule has 0 radical (unpaired) electrons. The van der Waals surface area contributed by atoms with E-state index in [0.717, 1.165) is 5.56 Å². The maximum Gasteiger partial charge on any atom is 0.338 e. The number of benzene rings is 3. The second-order valence-electron chi connectivity index (χ2n) is 7.09. The Kier molecular flexibility index (Phi) is 6.95. The molecular formula is C24H24N2O5S. The zero-order chi connectivity index (χ0) is 23.3. The third-order valence-corrected chi connectivity index (χ3v) is 6.60. The van der Waals surface area contributed by atoms with Crippen molar-refractivity contribution >= 4 is 33.3 Å². The number of aryl methyl sites for hydroxylation is 1. The quantitative estimate of drug-likeness (QED) is 0.541. The van der Waals surface area contributed by atoms with Crippen molar-refractivity contribution in [2.24, 2.45) is 0 Å². The van der Waals surface area contributed by atoms with Crippen LogP contribution in [0.25, 0.3) is 0 Å². The molecule has 0 saturated heterocycles. The summed E-state index contributed by atoms with van der Waals surface area (Å²) in [4.78, 5) is 24.6. The van der Waals surface area contributed by atoms with Crippen LogP contribution in [-0.4, -0.2) is 33.9 Å². The minimum Gasteiger partial charge on any atom is -0.462 e. The molecule has 8 heteroatoms. The Labute approximate surface area is 187 Å². The number of amides is 1. The highest BCUT2D eigenvalue weighted by molar-refractivity contribution is 7.92. The van der Waals surface area contributed by atoms with E-state index in [1.54, 1.807) is 73.7 Å². The average Bonchev–Trinajstić information content (AvgIpc) is 2.79. The van der Waals surface area contributed by atoms with Crippen molar-refractivity contribution in [2.75, 3.05) is 23.3 Å². The molecule has 0 aliphatic rings. The van der Waals surface area contributed by atoms with Crippen LogP contribution in [0, 0.1) is 6.92 Å². The van der Waals surface area contributed by atoms with Gasteiger partial charge in [0, 0.05) is 18.3 Å². The Balaban J connectivity index is 1.74. The van der Waals surface area contributed by atoms with Gasteiger partial charge in [0.15, 0.2) is 0 Å². The molecule has 3 rings (SSSR count). The lowest BCUT2D eigenvalue weighted by Gasteiger charge is -2.20. The molecule has 3 aromatic rings. The largest absolute Gasteiger partial charge is 0.462 e. The lowest BCUT2D eigenvalue weighted by atomic mass is 10.1. The van der Waals surface area contributed by atoms with Gasteiger partial charge in [-0.1, -0.05) is 23.8 Å². The lowest BCUT2D eigenvalue weighted by Crippen LogP contribution is -2.26. The minimum absolute atomic E-state index is 0.189. The Morgan fingerprint density at radius 1 is 0.938 bits per heavy atom. The summed E-state index contributed by atoms with van der Waals surface area (Å²) >= 11 is 0. The molecular weight excluding hydrogens is 428 g/mol. The summed E-state index contributed by atoms with van der Waals surface area (Å²) in [6, 6.07) is 19.3. The third kappa shape index (κ3) is 5.15. The van der Waals surface area contributed by atoms with Gasteiger partial charge in [0.25, 0.3) is 15.9 Å². The number of rotatable bonds is 7. The van der Waals surface area contributed by atoms with E-state index in [-0.39, 0.29) is 17.4 Å². The SMILES string of the molecule is CCOC(=O)c1cccc(NC(=O)c2ccc(N(C)S(=O)(=O)c3ccc(C)cc3)cc2)c1. The van der Waals surface area contributed by atoms with Crippen LogP contribution in [0.2, 0.25) is 0 Å². The number of hydrogen-bond acceptors (Lipinski definition) is 5. The predicted molar refractivity (Wildman–Crippen MR) is 124 cm³/mol. The van der Waals surface area contributed by atoms with Crippen molar-refractivity contribution in [3.63, 3.8) is 0 Å². The van der Waals surface area contributed by atoms with Crippen LogP contribution in [0.5, 0.6) is 0 Å². The van der Waals surface area contributed by atoms with Gasteiger partial charge in [0.1, 0.15) is 0 Å². The van der Waals surface area contributed by atoms with Crippen LogP contribution in [0.1, 0.15) is 33.2 Å². The fourth-order valence-corrected chi connectivity index (χ4v) is 4.17. The van der Waals surface area contributed by atoms with Crippen molar-refractivity contribution in [3.8, 4) is 0 Å². The molecule has 166 valence electrons. The summed E-state index contributed by atoms with van der Waals surface area (Å²) in [5.41, 5.74) is 2.52. The first kappa shape index (κ1) is 23.0. The van der Waals surface area contributed by atoms with Crippen LogP contribution in [0.3, 0.4) is 0 Å². The molecule has 0 bridgehead atoms. The average molecular weight is 453 g/mol. The highest BCUT2D eigenvalue weighted by atomic mass is 32.2. The zero-order valence-corrected chi connectivity index (χ0v) is 18.8. The molecule has 3 aromatic carbocycles. The summed E-state index contributed by atoms with van der Waals surface area (Å²) in [5, 5.41) is 2.73. The normalized spacial score (nSPS) is 11.0. The van der Waals surface area contributed by atoms with E-state index in [9.17, 15) is 18.0 Å². The van der Waals surface area contributed by atoms with Crippen LogP contribution in [-0.2, 0) is 14.8 Å². The summed E-state index contributed by atoms with van der Waals surface area (Å²) in [6.45, 7) is 3.86. The maximum atomic E-state index is 12.8. The number of carbonyl (C=O) groups is 2. The molecule has 0 atom stereocenters. The van der Waals surface area contributed by atoms with Crippen LogP contribution in [0.15, 0.2) is 77.7 Å². The molecule has 0 aromatic heterocycles. The fraction of sp³-hybridized carbons (Fsp3) is 0.167. The smallest absolute Gasteiger partial charge is 0.338 e. The van der Waals surface area contributed by atoms with Gasteiger partial charge >= 0.3 is 5.97 Å². The fourth-order valence-electron chi connectivity index (χ4n) is 2.97. The van der Waals surface area contributed by atoms with Gasteiger partial charge in [-0.05, 0) is 68.4 Å². The Hall–Kier alpha value is -3.65. The predicted octanol–water partition coefficient (Wildman–Crippen LogP) is 4.25. The highest BCUT2D eigenvalue weighted by Crippen LogP contribution is 2.23. The molecule has 1 amide bonds. The lowest BCUT2D eigenvalue weighted by molar-refractivity contribution is 0.0526. The summed E-state index contributed by atoms with van der Waals surface area (Å²) < 4.78 is 31.8. The monoisotopic (exact) mass is 452 g/mol. The van der Waals surface area contributed by atoms with E-state index in [1.807, 2.05) is 6.92 Å². The van der Waals surface area contributed by atoms with Crippen LogP contribution < -0.4 is 9.62 Å². The first-order chi connectivity index (χ1) is 15.2. The van der Waals surface area contributed by atoms with Crippen molar-refractivity contribution in [3.05, 3.63) is 89.5 Å². The molecule has 1 N–H and O–H groups in total. The zero-order valence-electron chi connectivity index (χ0n) is 18.0. The molecule has 0 spiro atoms. The van der Waals surface area contributed by atoms with E-state index in [0.29, 0.717) is 22.5 Å². The standard InChI is InChI=1S/C24H24N2O5S/c1-4-31-24(28)19-6-5-7-20(16-19)25-23(27)18-10-12-21(13-11-18)26(3)32(29,30)22-14-8-17(2)9-15-22/h5-16H,4H2,1-3H3,(H,25,27). The Bertz CT molecular complexity index is 1220. The molecule has 0 heterocycles. The summed E-state index contributed by atoms with van der Waals surface area (Å²) in [7, 11) is -2.26. The summed E-state index contributed by atoms with van der Waals surface area (Å²) in [5.74, 6) is -0.854. The number of sulfonamides is 1. The first-order valence-electron chi connectivity index (χ1n) is 9.96. The van der Waals surface area contributed by atoms with Crippen molar-refractivity contribution in [1.82, 2.24) is 0 Å². The minimum atomic E-state index is -3.72. The van der Waals surface area contributed by atoms with Gasteiger partial charge in [-0.15, -0.1) is 0 Å². The number of esters is 1. The molecule has 32 heavy (non-hydrogen) atoms. The van der Waals surface area contributed by atoms with Gasteiger partial charge < -0.3 is 10.1 Å². The maximum absolute atomic E-state index is 12.8. The van der Waals surface area contributed by atoms with Crippen molar-refractivity contribution in [1.29, 1.82) is 0 Å². The van der Waals surface area contributed by atoms with Gasteiger partial charge in [-0.3, -0.25) is 9.10 Å². The van der Waals surface area contributed by atoms with Crippen LogP contribution in [0.4, 0.5) is 11.4 Å². The van der Waals surface area contributed by atoms with E-state index >= 15 is 0 Å². The van der Waals surface area contributed by atoms with E-state index in [4.69, 9.17) is 4.74 Å². The van der Waals surface area contributed by atoms with Gasteiger partial charge in [0.05, 0.1) is 22.8 Å². The second-order valence-corrected chi connectivity index (χ2v) is 9.06.